The Morgan fingerprint density at radius 3 is 2.50 bits per heavy atom. The number of benzene rings is 1. The van der Waals surface area contributed by atoms with Crippen LogP contribution in [0.15, 0.2) is 30.5 Å². The summed E-state index contributed by atoms with van der Waals surface area (Å²) in [4.78, 5) is 12.3. The maximum Gasteiger partial charge on any atom is 0.435 e. The van der Waals surface area contributed by atoms with Gasteiger partial charge in [0, 0.05) is 16.2 Å². The summed E-state index contributed by atoms with van der Waals surface area (Å²) >= 11 is 12.0. The molecule has 0 aliphatic carbocycles. The largest absolute Gasteiger partial charge is 0.435 e. The number of nitrogens with one attached hydrogen (secondary N) is 1. The number of amides is 1. The summed E-state index contributed by atoms with van der Waals surface area (Å²) in [7, 11) is 0. The molecule has 0 aliphatic heterocycles. The average Bonchev–Trinajstić information content (AvgIpc) is 2.98. The molecule has 0 radical (unpaired) electrons. The van der Waals surface area contributed by atoms with Crippen LogP contribution in [0.3, 0.4) is 0 Å². The molecule has 9 heteroatoms. The molecule has 0 saturated heterocycles. The number of nitrogens with zero attached hydrogens (tertiary/aromatic N) is 2. The monoisotopic (exact) mass is 379 g/mol. The predicted molar refractivity (Wildman–Crippen MR) is 85.0 cm³/mol. The van der Waals surface area contributed by atoms with Crippen molar-refractivity contribution in [1.29, 1.82) is 0 Å². The smallest absolute Gasteiger partial charge is 0.348 e. The van der Waals surface area contributed by atoms with Crippen LogP contribution < -0.4 is 5.32 Å². The van der Waals surface area contributed by atoms with Gasteiger partial charge in [-0.1, -0.05) is 23.2 Å². The van der Waals surface area contributed by atoms with Crippen molar-refractivity contribution in [3.63, 3.8) is 0 Å². The molecule has 0 fully saturated rings. The second-order valence-corrected chi connectivity index (χ2v) is 6.09. The fraction of sp³-hybridized carbons (Fsp3) is 0.333. The zero-order chi connectivity index (χ0) is 18.1. The normalized spacial score (nSPS) is 14.3. The van der Waals surface area contributed by atoms with E-state index in [4.69, 9.17) is 23.2 Å². The van der Waals surface area contributed by atoms with Crippen molar-refractivity contribution >= 4 is 29.1 Å². The molecule has 2 aromatic rings. The molecular weight excluding hydrogens is 366 g/mol. The Balaban J connectivity index is 2.11. The Kier molecular flexibility index (Phi) is 5.45. The number of hydrogen-bond donors (Lipinski definition) is 1. The van der Waals surface area contributed by atoms with Crippen molar-refractivity contribution in [1.82, 2.24) is 15.1 Å². The summed E-state index contributed by atoms with van der Waals surface area (Å²) in [5.74, 6) is -0.490. The quantitative estimate of drug-likeness (QED) is 0.840. The minimum atomic E-state index is -4.55. The van der Waals surface area contributed by atoms with E-state index in [9.17, 15) is 18.0 Å². The Labute approximate surface area is 146 Å². The van der Waals surface area contributed by atoms with Crippen molar-refractivity contribution in [2.45, 2.75) is 32.1 Å². The molecule has 4 nitrogen and oxygen atoms in total. The molecule has 0 saturated carbocycles. The van der Waals surface area contributed by atoms with Gasteiger partial charge in [-0.25, -0.2) is 0 Å². The zero-order valence-corrected chi connectivity index (χ0v) is 14.2. The number of halogens is 5. The van der Waals surface area contributed by atoms with Crippen LogP contribution in [0, 0.1) is 0 Å². The lowest BCUT2D eigenvalue weighted by Gasteiger charge is -2.19. The maximum atomic E-state index is 12.6. The van der Waals surface area contributed by atoms with E-state index in [0.29, 0.717) is 15.6 Å². The van der Waals surface area contributed by atoms with E-state index >= 15 is 0 Å². The van der Waals surface area contributed by atoms with Gasteiger partial charge >= 0.3 is 6.18 Å². The number of carbonyl (C=O) groups is 1. The summed E-state index contributed by atoms with van der Waals surface area (Å²) in [6.07, 6.45) is -3.44. The molecule has 0 spiro atoms. The fourth-order valence-electron chi connectivity index (χ4n) is 2.08. The molecule has 0 bridgehead atoms. The molecule has 2 rings (SSSR count). The predicted octanol–water partition coefficient (Wildman–Crippen LogP) is 4.65. The second-order valence-electron chi connectivity index (χ2n) is 5.25. The molecule has 1 heterocycles. The molecule has 130 valence electrons. The van der Waals surface area contributed by atoms with E-state index in [-0.39, 0.29) is 0 Å². The van der Waals surface area contributed by atoms with E-state index in [1.807, 2.05) is 0 Å². The Bertz CT molecular complexity index is 746. The molecule has 1 aromatic heterocycles. The number of hydrogen-bond acceptors (Lipinski definition) is 2. The number of aromatic nitrogens is 2. The summed E-state index contributed by atoms with van der Waals surface area (Å²) in [6.45, 7) is 3.15. The number of alkyl halides is 3. The van der Waals surface area contributed by atoms with E-state index < -0.39 is 29.9 Å². The lowest BCUT2D eigenvalue weighted by molar-refractivity contribution is -0.142. The average molecular weight is 380 g/mol. The minimum Gasteiger partial charge on any atom is -0.348 e. The van der Waals surface area contributed by atoms with E-state index in [1.54, 1.807) is 25.1 Å². The molecule has 1 unspecified atom stereocenters. The lowest BCUT2D eigenvalue weighted by atomic mass is 10.1. The standard InChI is InChI=1S/C15H14Cl2F3N3O/c1-8(11-7-10(16)3-4-12(11)17)21-14(24)9(2)23-6-5-13(22-23)15(18,19)20/h3-9H,1-2H3,(H,21,24)/t8-,9?/m0/s1. The highest BCUT2D eigenvalue weighted by atomic mass is 35.5. The first kappa shape index (κ1) is 18.6. The molecular formula is C15H14Cl2F3N3O. The molecule has 0 aliphatic rings. The highest BCUT2D eigenvalue weighted by Crippen LogP contribution is 2.28. The highest BCUT2D eigenvalue weighted by molar-refractivity contribution is 6.33. The van der Waals surface area contributed by atoms with Crippen LogP contribution in [0.5, 0.6) is 0 Å². The Hall–Kier alpha value is -1.73. The van der Waals surface area contributed by atoms with Gasteiger partial charge in [-0.05, 0) is 43.7 Å². The van der Waals surface area contributed by atoms with Crippen molar-refractivity contribution < 1.29 is 18.0 Å². The molecule has 24 heavy (non-hydrogen) atoms. The van der Waals surface area contributed by atoms with E-state index in [0.717, 1.165) is 16.9 Å². The third-order valence-corrected chi connectivity index (χ3v) is 4.04. The summed E-state index contributed by atoms with van der Waals surface area (Å²) < 4.78 is 38.7. The first-order chi connectivity index (χ1) is 11.1. The topological polar surface area (TPSA) is 46.9 Å². The van der Waals surface area contributed by atoms with Gasteiger partial charge in [0.05, 0.1) is 6.04 Å². The summed E-state index contributed by atoms with van der Waals surface area (Å²) in [5, 5.41) is 6.98. The highest BCUT2D eigenvalue weighted by Gasteiger charge is 2.34. The zero-order valence-electron chi connectivity index (χ0n) is 12.7. The second kappa shape index (κ2) is 7.03. The summed E-state index contributed by atoms with van der Waals surface area (Å²) in [5.41, 5.74) is -0.436. The van der Waals surface area contributed by atoms with Crippen LogP contribution in [0.4, 0.5) is 13.2 Å². The van der Waals surface area contributed by atoms with Crippen LogP contribution in [-0.4, -0.2) is 15.7 Å². The van der Waals surface area contributed by atoms with Gasteiger partial charge in [0.2, 0.25) is 5.91 Å². The number of rotatable bonds is 4. The third-order valence-electron chi connectivity index (χ3n) is 3.46. The maximum absolute atomic E-state index is 12.6. The van der Waals surface area contributed by atoms with Crippen LogP contribution in [0.1, 0.15) is 37.2 Å². The van der Waals surface area contributed by atoms with Crippen molar-refractivity contribution in [3.8, 4) is 0 Å². The first-order valence-corrected chi connectivity index (χ1v) is 7.73. The van der Waals surface area contributed by atoms with Gasteiger partial charge in [-0.15, -0.1) is 0 Å². The van der Waals surface area contributed by atoms with E-state index in [1.165, 1.54) is 6.92 Å². The van der Waals surface area contributed by atoms with E-state index in [2.05, 4.69) is 10.4 Å². The first-order valence-electron chi connectivity index (χ1n) is 6.97. The van der Waals surface area contributed by atoms with Gasteiger partial charge in [-0.3, -0.25) is 9.48 Å². The van der Waals surface area contributed by atoms with Crippen molar-refractivity contribution in [2.75, 3.05) is 0 Å². The summed E-state index contributed by atoms with van der Waals surface area (Å²) in [6, 6.07) is 4.28. The molecule has 1 aromatic carbocycles. The van der Waals surface area contributed by atoms with Crippen molar-refractivity contribution in [3.05, 3.63) is 51.8 Å². The Morgan fingerprint density at radius 1 is 1.25 bits per heavy atom. The molecule has 1 amide bonds. The van der Waals surface area contributed by atoms with Gasteiger partial charge in [-0.2, -0.15) is 18.3 Å². The molecule has 2 atom stereocenters. The van der Waals surface area contributed by atoms with Gasteiger partial charge in [0.25, 0.3) is 0 Å². The molecule has 1 N–H and O–H groups in total. The SMILES string of the molecule is CC(C(=O)N[C@@H](C)c1cc(Cl)ccc1Cl)n1ccc(C(F)(F)F)n1. The van der Waals surface area contributed by atoms with Crippen LogP contribution in [-0.2, 0) is 11.0 Å². The van der Waals surface area contributed by atoms with Gasteiger partial charge in [0.1, 0.15) is 6.04 Å². The fourth-order valence-corrected chi connectivity index (χ4v) is 2.54. The lowest BCUT2D eigenvalue weighted by Crippen LogP contribution is -2.33. The van der Waals surface area contributed by atoms with Gasteiger partial charge < -0.3 is 5.32 Å². The van der Waals surface area contributed by atoms with Crippen LogP contribution in [0.25, 0.3) is 0 Å². The number of carbonyl (C=O) groups excluding carboxylic acids is 1. The minimum absolute atomic E-state index is 0.429. The van der Waals surface area contributed by atoms with Crippen molar-refractivity contribution in [2.24, 2.45) is 0 Å². The third kappa shape index (κ3) is 4.21. The van der Waals surface area contributed by atoms with Crippen LogP contribution >= 0.6 is 23.2 Å². The Morgan fingerprint density at radius 2 is 1.92 bits per heavy atom. The van der Waals surface area contributed by atoms with Crippen LogP contribution in [0.2, 0.25) is 10.0 Å². The van der Waals surface area contributed by atoms with Gasteiger partial charge in [0.15, 0.2) is 5.69 Å².